The lowest BCUT2D eigenvalue weighted by atomic mass is 9.97. The fourth-order valence-corrected chi connectivity index (χ4v) is 3.64. The quantitative estimate of drug-likeness (QED) is 0.633. The standard InChI is InChI=1S/C21H24N2O6S/c1-14(29-21(25)17-12-16-4-2-3-5-19(16)28-13-17)20(24)23-11-10-15-6-8-18(9-7-15)30(22,26)27/h2-9,14,17H,10-13H2,1H3,(H,23,24)(H2,22,26,27)/t14-,17+/m0/s1. The first-order chi connectivity index (χ1) is 14.2. The molecule has 30 heavy (non-hydrogen) atoms. The Morgan fingerprint density at radius 2 is 1.90 bits per heavy atom. The average molecular weight is 432 g/mol. The van der Waals surface area contributed by atoms with Gasteiger partial charge in [0.25, 0.3) is 5.91 Å². The number of carbonyl (C=O) groups excluding carboxylic acids is 2. The van der Waals surface area contributed by atoms with Gasteiger partial charge in [-0.2, -0.15) is 0 Å². The Kier molecular flexibility index (Phi) is 6.73. The summed E-state index contributed by atoms with van der Waals surface area (Å²) in [6, 6.07) is 13.6. The number of hydrogen-bond donors (Lipinski definition) is 2. The Hall–Kier alpha value is -2.91. The van der Waals surface area contributed by atoms with Gasteiger partial charge in [-0.15, -0.1) is 0 Å². The molecular weight excluding hydrogens is 408 g/mol. The predicted molar refractivity (Wildman–Crippen MR) is 109 cm³/mol. The normalized spacial score (nSPS) is 16.7. The molecule has 0 unspecified atom stereocenters. The van der Waals surface area contributed by atoms with Crippen molar-refractivity contribution in [2.24, 2.45) is 11.1 Å². The van der Waals surface area contributed by atoms with Crippen molar-refractivity contribution < 1.29 is 27.5 Å². The Labute approximate surface area is 175 Å². The van der Waals surface area contributed by atoms with Crippen molar-refractivity contribution in [1.29, 1.82) is 0 Å². The molecule has 2 aromatic carbocycles. The number of benzene rings is 2. The molecule has 0 aromatic heterocycles. The van der Waals surface area contributed by atoms with E-state index in [-0.39, 0.29) is 11.5 Å². The molecule has 0 bridgehead atoms. The number of amides is 1. The number of nitrogens with one attached hydrogen (secondary N) is 1. The molecule has 160 valence electrons. The van der Waals surface area contributed by atoms with Crippen LogP contribution >= 0.6 is 0 Å². The van der Waals surface area contributed by atoms with Gasteiger partial charge in [-0.25, -0.2) is 13.6 Å². The molecule has 8 nitrogen and oxygen atoms in total. The van der Waals surface area contributed by atoms with Crippen LogP contribution in [-0.2, 0) is 37.2 Å². The van der Waals surface area contributed by atoms with Crippen LogP contribution in [0.4, 0.5) is 0 Å². The van der Waals surface area contributed by atoms with Crippen molar-refractivity contribution in [2.75, 3.05) is 13.2 Å². The van der Waals surface area contributed by atoms with Crippen molar-refractivity contribution in [3.05, 3.63) is 59.7 Å². The molecule has 1 aliphatic heterocycles. The van der Waals surface area contributed by atoms with Crippen molar-refractivity contribution in [1.82, 2.24) is 5.32 Å². The van der Waals surface area contributed by atoms with Crippen LogP contribution < -0.4 is 15.2 Å². The zero-order valence-corrected chi connectivity index (χ0v) is 17.4. The molecule has 1 aliphatic rings. The van der Waals surface area contributed by atoms with E-state index in [9.17, 15) is 18.0 Å². The molecule has 3 N–H and O–H groups in total. The number of rotatable bonds is 7. The van der Waals surface area contributed by atoms with Gasteiger partial charge in [-0.3, -0.25) is 9.59 Å². The van der Waals surface area contributed by atoms with Crippen LogP contribution in [0.2, 0.25) is 0 Å². The van der Waals surface area contributed by atoms with Crippen LogP contribution in [0.1, 0.15) is 18.1 Å². The van der Waals surface area contributed by atoms with Crippen molar-refractivity contribution in [3.8, 4) is 5.75 Å². The molecule has 0 spiro atoms. The molecule has 0 fully saturated rings. The summed E-state index contributed by atoms with van der Waals surface area (Å²) in [4.78, 5) is 24.6. The summed E-state index contributed by atoms with van der Waals surface area (Å²) < 4.78 is 33.4. The van der Waals surface area contributed by atoms with E-state index in [0.717, 1.165) is 16.9 Å². The second-order valence-electron chi connectivity index (χ2n) is 7.13. The smallest absolute Gasteiger partial charge is 0.313 e. The van der Waals surface area contributed by atoms with E-state index in [1.54, 1.807) is 12.1 Å². The van der Waals surface area contributed by atoms with Gasteiger partial charge in [0.1, 0.15) is 12.4 Å². The number of para-hydroxylation sites is 1. The first-order valence-corrected chi connectivity index (χ1v) is 11.1. The molecule has 1 heterocycles. The Balaban J connectivity index is 1.44. The molecule has 0 saturated carbocycles. The van der Waals surface area contributed by atoms with E-state index >= 15 is 0 Å². The molecule has 2 atom stereocenters. The van der Waals surface area contributed by atoms with E-state index in [2.05, 4.69) is 5.32 Å². The molecule has 3 rings (SSSR count). The highest BCUT2D eigenvalue weighted by molar-refractivity contribution is 7.89. The van der Waals surface area contributed by atoms with Crippen molar-refractivity contribution in [3.63, 3.8) is 0 Å². The van der Waals surface area contributed by atoms with Gasteiger partial charge < -0.3 is 14.8 Å². The maximum atomic E-state index is 12.4. The summed E-state index contributed by atoms with van der Waals surface area (Å²) >= 11 is 0. The van der Waals surface area contributed by atoms with E-state index < -0.39 is 33.9 Å². The molecule has 9 heteroatoms. The number of fused-ring (bicyclic) bond motifs is 1. The maximum Gasteiger partial charge on any atom is 0.313 e. The molecule has 0 radical (unpaired) electrons. The lowest BCUT2D eigenvalue weighted by molar-refractivity contribution is -0.160. The first-order valence-electron chi connectivity index (χ1n) is 9.54. The zero-order valence-electron chi connectivity index (χ0n) is 16.5. The fraction of sp³-hybridized carbons (Fsp3) is 0.333. The minimum absolute atomic E-state index is 0.0325. The summed E-state index contributed by atoms with van der Waals surface area (Å²) in [5.74, 6) is -0.552. The number of nitrogens with two attached hydrogens (primary N) is 1. The predicted octanol–water partition coefficient (Wildman–Crippen LogP) is 1.18. The molecule has 2 aromatic rings. The van der Waals surface area contributed by atoms with Gasteiger partial charge in [0, 0.05) is 6.54 Å². The number of hydrogen-bond acceptors (Lipinski definition) is 6. The molecular formula is C21H24N2O6S. The second kappa shape index (κ2) is 9.27. The van der Waals surface area contributed by atoms with Crippen LogP contribution in [-0.4, -0.2) is 39.5 Å². The third-order valence-corrected chi connectivity index (χ3v) is 5.77. The third kappa shape index (κ3) is 5.58. The SMILES string of the molecule is C[C@H](OC(=O)[C@H]1COc2ccccc2C1)C(=O)NCCc1ccc(S(N)(=O)=O)cc1. The average Bonchev–Trinajstić information content (AvgIpc) is 2.73. The van der Waals surface area contributed by atoms with Crippen LogP contribution in [0.15, 0.2) is 53.4 Å². The van der Waals surface area contributed by atoms with Crippen LogP contribution in [0.25, 0.3) is 0 Å². The largest absolute Gasteiger partial charge is 0.492 e. The molecule has 0 saturated heterocycles. The number of primary sulfonamides is 1. The van der Waals surface area contributed by atoms with Gasteiger partial charge >= 0.3 is 5.97 Å². The summed E-state index contributed by atoms with van der Waals surface area (Å²) in [6.45, 7) is 2.06. The third-order valence-electron chi connectivity index (χ3n) is 4.84. The van der Waals surface area contributed by atoms with Gasteiger partial charge in [0.2, 0.25) is 10.0 Å². The topological polar surface area (TPSA) is 125 Å². The van der Waals surface area contributed by atoms with Gasteiger partial charge in [0.15, 0.2) is 6.10 Å². The number of sulfonamides is 1. The molecule has 0 aliphatic carbocycles. The fourth-order valence-electron chi connectivity index (χ4n) is 3.12. The Bertz CT molecular complexity index is 1020. The second-order valence-corrected chi connectivity index (χ2v) is 8.69. The Morgan fingerprint density at radius 3 is 2.60 bits per heavy atom. The van der Waals surface area contributed by atoms with E-state index in [0.29, 0.717) is 19.4 Å². The van der Waals surface area contributed by atoms with Gasteiger partial charge in [-0.1, -0.05) is 30.3 Å². The Morgan fingerprint density at radius 1 is 1.20 bits per heavy atom. The van der Waals surface area contributed by atoms with E-state index in [1.165, 1.54) is 19.1 Å². The monoisotopic (exact) mass is 432 g/mol. The highest BCUT2D eigenvalue weighted by Gasteiger charge is 2.29. The van der Waals surface area contributed by atoms with Crippen molar-refractivity contribution >= 4 is 21.9 Å². The van der Waals surface area contributed by atoms with E-state index in [1.807, 2.05) is 24.3 Å². The number of esters is 1. The maximum absolute atomic E-state index is 12.4. The number of ether oxygens (including phenoxy) is 2. The highest BCUT2D eigenvalue weighted by Crippen LogP contribution is 2.27. The molecule has 1 amide bonds. The first kappa shape index (κ1) is 21.8. The lowest BCUT2D eigenvalue weighted by Crippen LogP contribution is -2.39. The summed E-state index contributed by atoms with van der Waals surface area (Å²) in [5.41, 5.74) is 1.78. The van der Waals surface area contributed by atoms with Gasteiger partial charge in [-0.05, 0) is 49.1 Å². The summed E-state index contributed by atoms with van der Waals surface area (Å²) in [5, 5.41) is 7.77. The zero-order chi connectivity index (χ0) is 21.7. The van der Waals surface area contributed by atoms with Crippen molar-refractivity contribution in [2.45, 2.75) is 30.8 Å². The van der Waals surface area contributed by atoms with Crippen LogP contribution in [0, 0.1) is 5.92 Å². The lowest BCUT2D eigenvalue weighted by Gasteiger charge is -2.25. The highest BCUT2D eigenvalue weighted by atomic mass is 32.2. The van der Waals surface area contributed by atoms with Crippen LogP contribution in [0.5, 0.6) is 5.75 Å². The minimum Gasteiger partial charge on any atom is -0.492 e. The van der Waals surface area contributed by atoms with E-state index in [4.69, 9.17) is 14.6 Å². The van der Waals surface area contributed by atoms with Gasteiger partial charge in [0.05, 0.1) is 10.8 Å². The van der Waals surface area contributed by atoms with Crippen LogP contribution in [0.3, 0.4) is 0 Å². The summed E-state index contributed by atoms with van der Waals surface area (Å²) in [6.07, 6.45) is 0.0713. The number of carbonyl (C=O) groups is 2. The minimum atomic E-state index is -3.73. The summed E-state index contributed by atoms with van der Waals surface area (Å²) in [7, 11) is -3.73.